The lowest BCUT2D eigenvalue weighted by atomic mass is 10.2. The van der Waals surface area contributed by atoms with Crippen LogP contribution in [-0.2, 0) is 14.8 Å². The molecule has 1 N–H and O–H groups in total. The van der Waals surface area contributed by atoms with E-state index in [1.807, 2.05) is 6.07 Å². The zero-order chi connectivity index (χ0) is 18.7. The van der Waals surface area contributed by atoms with Crippen molar-refractivity contribution in [1.29, 1.82) is 5.26 Å². The highest BCUT2D eigenvalue weighted by atomic mass is 32.2. The number of sulfonamides is 1. The Labute approximate surface area is 150 Å². The van der Waals surface area contributed by atoms with E-state index in [-0.39, 0.29) is 12.5 Å². The second-order valence-electron chi connectivity index (χ2n) is 5.55. The van der Waals surface area contributed by atoms with Gasteiger partial charge in [0.1, 0.15) is 6.54 Å². The third kappa shape index (κ3) is 3.87. The van der Waals surface area contributed by atoms with Crippen LogP contribution < -0.4 is 19.1 Å². The molecule has 1 heterocycles. The van der Waals surface area contributed by atoms with Crippen LogP contribution in [0.2, 0.25) is 0 Å². The van der Waals surface area contributed by atoms with Gasteiger partial charge >= 0.3 is 0 Å². The van der Waals surface area contributed by atoms with E-state index in [1.54, 1.807) is 30.3 Å². The SMILES string of the molecule is CS(=O)(=O)N(CC(=O)Nc1ccc2c(c1)OCO2)c1cccc(C#N)c1. The van der Waals surface area contributed by atoms with Gasteiger partial charge in [0.2, 0.25) is 22.7 Å². The summed E-state index contributed by atoms with van der Waals surface area (Å²) in [4.78, 5) is 12.3. The maximum Gasteiger partial charge on any atom is 0.245 e. The predicted molar refractivity (Wildman–Crippen MR) is 94.5 cm³/mol. The van der Waals surface area contributed by atoms with E-state index in [9.17, 15) is 13.2 Å². The lowest BCUT2D eigenvalue weighted by Crippen LogP contribution is -2.37. The summed E-state index contributed by atoms with van der Waals surface area (Å²) in [5.41, 5.74) is 0.998. The number of nitrogens with zero attached hydrogens (tertiary/aromatic N) is 2. The van der Waals surface area contributed by atoms with Gasteiger partial charge in [-0.05, 0) is 30.3 Å². The number of carbonyl (C=O) groups excluding carboxylic acids is 1. The first-order valence-electron chi connectivity index (χ1n) is 7.54. The molecule has 1 aliphatic heterocycles. The topological polar surface area (TPSA) is 109 Å². The van der Waals surface area contributed by atoms with Gasteiger partial charge in [-0.2, -0.15) is 5.26 Å². The molecule has 0 radical (unpaired) electrons. The zero-order valence-corrected chi connectivity index (χ0v) is 14.6. The Balaban J connectivity index is 1.79. The number of carbonyl (C=O) groups is 1. The Morgan fingerprint density at radius 2 is 2.00 bits per heavy atom. The molecule has 0 spiro atoms. The Kier molecular flexibility index (Phi) is 4.69. The number of fused-ring (bicyclic) bond motifs is 1. The molecule has 0 atom stereocenters. The monoisotopic (exact) mass is 373 g/mol. The van der Waals surface area contributed by atoms with E-state index in [4.69, 9.17) is 14.7 Å². The Bertz CT molecular complexity index is 998. The van der Waals surface area contributed by atoms with E-state index >= 15 is 0 Å². The van der Waals surface area contributed by atoms with Crippen LogP contribution in [0.1, 0.15) is 5.56 Å². The number of nitrogens with one attached hydrogen (secondary N) is 1. The third-order valence-corrected chi connectivity index (χ3v) is 4.75. The van der Waals surface area contributed by atoms with Crippen molar-refractivity contribution in [3.8, 4) is 17.6 Å². The van der Waals surface area contributed by atoms with Crippen molar-refractivity contribution in [2.75, 3.05) is 29.2 Å². The van der Waals surface area contributed by atoms with Crippen LogP contribution in [0.25, 0.3) is 0 Å². The van der Waals surface area contributed by atoms with Crippen molar-refractivity contribution in [3.63, 3.8) is 0 Å². The number of amides is 1. The number of hydrogen-bond donors (Lipinski definition) is 1. The first kappa shape index (κ1) is 17.6. The van der Waals surface area contributed by atoms with Gasteiger partial charge < -0.3 is 14.8 Å². The van der Waals surface area contributed by atoms with Gasteiger partial charge in [0.05, 0.1) is 23.6 Å². The number of nitriles is 1. The van der Waals surface area contributed by atoms with Gasteiger partial charge in [-0.25, -0.2) is 8.42 Å². The van der Waals surface area contributed by atoms with Gasteiger partial charge in [-0.1, -0.05) is 6.07 Å². The minimum absolute atomic E-state index is 0.115. The lowest BCUT2D eigenvalue weighted by molar-refractivity contribution is -0.114. The van der Waals surface area contributed by atoms with Crippen LogP contribution in [0.15, 0.2) is 42.5 Å². The Morgan fingerprint density at radius 3 is 2.73 bits per heavy atom. The molecule has 0 aliphatic carbocycles. The molecule has 2 aromatic carbocycles. The average Bonchev–Trinajstić information content (AvgIpc) is 3.06. The normalized spacial score (nSPS) is 12.3. The smallest absolute Gasteiger partial charge is 0.245 e. The first-order chi connectivity index (χ1) is 12.4. The summed E-state index contributed by atoms with van der Waals surface area (Å²) in [5, 5.41) is 11.6. The van der Waals surface area contributed by atoms with Crippen LogP contribution >= 0.6 is 0 Å². The number of anilines is 2. The number of hydrogen-bond acceptors (Lipinski definition) is 6. The average molecular weight is 373 g/mol. The third-order valence-electron chi connectivity index (χ3n) is 3.61. The van der Waals surface area contributed by atoms with Gasteiger partial charge in [0.15, 0.2) is 11.5 Å². The number of ether oxygens (including phenoxy) is 2. The van der Waals surface area contributed by atoms with Crippen LogP contribution in [0.5, 0.6) is 11.5 Å². The second-order valence-corrected chi connectivity index (χ2v) is 7.45. The molecule has 0 saturated carbocycles. The van der Waals surface area contributed by atoms with Crippen molar-refractivity contribution in [2.24, 2.45) is 0 Å². The molecule has 3 rings (SSSR count). The highest BCUT2D eigenvalue weighted by molar-refractivity contribution is 7.92. The number of benzene rings is 2. The minimum atomic E-state index is -3.72. The maximum absolute atomic E-state index is 12.3. The van der Waals surface area contributed by atoms with Crippen molar-refractivity contribution in [2.45, 2.75) is 0 Å². The highest BCUT2D eigenvalue weighted by Gasteiger charge is 2.22. The van der Waals surface area contributed by atoms with Crippen LogP contribution in [0.3, 0.4) is 0 Å². The number of rotatable bonds is 5. The lowest BCUT2D eigenvalue weighted by Gasteiger charge is -2.22. The van der Waals surface area contributed by atoms with Crippen molar-refractivity contribution < 1.29 is 22.7 Å². The highest BCUT2D eigenvalue weighted by Crippen LogP contribution is 2.34. The molecule has 1 amide bonds. The molecule has 2 aromatic rings. The molecule has 1 aliphatic rings. The van der Waals surface area contributed by atoms with Crippen LogP contribution in [-0.4, -0.2) is 33.9 Å². The molecular weight excluding hydrogens is 358 g/mol. The molecule has 134 valence electrons. The second kappa shape index (κ2) is 6.93. The molecule has 0 saturated heterocycles. The molecule has 0 bridgehead atoms. The van der Waals surface area contributed by atoms with Gasteiger partial charge in [-0.15, -0.1) is 0 Å². The predicted octanol–water partition coefficient (Wildman–Crippen LogP) is 1.69. The largest absolute Gasteiger partial charge is 0.454 e. The molecule has 0 unspecified atom stereocenters. The first-order valence-corrected chi connectivity index (χ1v) is 9.39. The van der Waals surface area contributed by atoms with Gasteiger partial charge in [-0.3, -0.25) is 9.10 Å². The van der Waals surface area contributed by atoms with Gasteiger partial charge in [0.25, 0.3) is 0 Å². The summed E-state index contributed by atoms with van der Waals surface area (Å²) >= 11 is 0. The van der Waals surface area contributed by atoms with Crippen LogP contribution in [0, 0.1) is 11.3 Å². The quantitative estimate of drug-likeness (QED) is 0.854. The fraction of sp³-hybridized carbons (Fsp3) is 0.176. The summed E-state index contributed by atoms with van der Waals surface area (Å²) < 4.78 is 35.6. The molecular formula is C17H15N3O5S. The molecule has 0 fully saturated rings. The van der Waals surface area contributed by atoms with Gasteiger partial charge in [0, 0.05) is 11.8 Å². The van der Waals surface area contributed by atoms with E-state index < -0.39 is 22.5 Å². The summed E-state index contributed by atoms with van der Waals surface area (Å²) in [5.74, 6) is 0.551. The summed E-state index contributed by atoms with van der Waals surface area (Å²) in [6, 6.07) is 12.9. The minimum Gasteiger partial charge on any atom is -0.454 e. The zero-order valence-electron chi connectivity index (χ0n) is 13.8. The maximum atomic E-state index is 12.3. The van der Waals surface area contributed by atoms with E-state index in [2.05, 4.69) is 5.32 Å². The van der Waals surface area contributed by atoms with E-state index in [1.165, 1.54) is 12.1 Å². The molecule has 8 nitrogen and oxygen atoms in total. The molecule has 9 heteroatoms. The summed E-state index contributed by atoms with van der Waals surface area (Å²) in [7, 11) is -3.72. The fourth-order valence-electron chi connectivity index (χ4n) is 2.44. The Morgan fingerprint density at radius 1 is 1.23 bits per heavy atom. The Hall–Kier alpha value is -3.25. The van der Waals surface area contributed by atoms with Crippen molar-refractivity contribution in [3.05, 3.63) is 48.0 Å². The molecule has 0 aromatic heterocycles. The van der Waals surface area contributed by atoms with Crippen molar-refractivity contribution in [1.82, 2.24) is 0 Å². The summed E-state index contributed by atoms with van der Waals surface area (Å²) in [6.07, 6.45) is 1.000. The van der Waals surface area contributed by atoms with E-state index in [0.29, 0.717) is 22.7 Å². The molecule has 26 heavy (non-hydrogen) atoms. The standard InChI is InChI=1S/C17H15N3O5S/c1-26(22,23)20(14-4-2-3-12(7-14)9-18)10-17(21)19-13-5-6-15-16(8-13)25-11-24-15/h2-8H,10-11H2,1H3,(H,19,21). The fourth-order valence-corrected chi connectivity index (χ4v) is 3.28. The van der Waals surface area contributed by atoms with Crippen LogP contribution in [0.4, 0.5) is 11.4 Å². The summed E-state index contributed by atoms with van der Waals surface area (Å²) in [6.45, 7) is -0.314. The van der Waals surface area contributed by atoms with E-state index in [0.717, 1.165) is 10.6 Å². The van der Waals surface area contributed by atoms with Crippen molar-refractivity contribution >= 4 is 27.3 Å².